The van der Waals surface area contributed by atoms with E-state index in [0.717, 1.165) is 19.3 Å². The van der Waals surface area contributed by atoms with Crippen molar-refractivity contribution in [2.75, 3.05) is 13.7 Å². The van der Waals surface area contributed by atoms with Crippen molar-refractivity contribution >= 4 is 23.5 Å². The fraction of sp³-hybridized carbons (Fsp3) is 0.690. The number of aromatic nitrogens is 2. The van der Waals surface area contributed by atoms with Crippen molar-refractivity contribution in [1.82, 2.24) is 9.78 Å². The van der Waals surface area contributed by atoms with Crippen LogP contribution in [0.4, 0.5) is 4.39 Å². The van der Waals surface area contributed by atoms with Crippen LogP contribution in [-0.4, -0.2) is 53.0 Å². The molecular formula is C29H44BFN2O6. The van der Waals surface area contributed by atoms with Crippen molar-refractivity contribution in [3.8, 4) is 0 Å². The Labute approximate surface area is 232 Å². The van der Waals surface area contributed by atoms with Gasteiger partial charge in [0, 0.05) is 25.6 Å². The first-order valence-corrected chi connectivity index (χ1v) is 13.9. The summed E-state index contributed by atoms with van der Waals surface area (Å²) >= 11 is 0. The maximum atomic E-state index is 15.3. The Morgan fingerprint density at radius 2 is 1.77 bits per heavy atom. The second-order valence-corrected chi connectivity index (χ2v) is 12.5. The summed E-state index contributed by atoms with van der Waals surface area (Å²) in [4.78, 5) is 12.1. The van der Waals surface area contributed by atoms with Gasteiger partial charge in [-0.15, -0.1) is 5.10 Å². The summed E-state index contributed by atoms with van der Waals surface area (Å²) in [5.74, 6) is -0.0243. The molecule has 2 aliphatic heterocycles. The zero-order chi connectivity index (χ0) is 28.8. The number of benzene rings is 1. The third-order valence-electron chi connectivity index (χ3n) is 8.82. The van der Waals surface area contributed by atoms with E-state index in [0.29, 0.717) is 40.7 Å². The van der Waals surface area contributed by atoms with E-state index >= 15 is 4.39 Å². The van der Waals surface area contributed by atoms with Crippen molar-refractivity contribution in [3.05, 3.63) is 35.5 Å². The molecule has 0 aliphatic carbocycles. The highest BCUT2D eigenvalue weighted by Crippen LogP contribution is 2.43. The molecule has 0 N–H and O–H groups in total. The van der Waals surface area contributed by atoms with Gasteiger partial charge in [-0.2, -0.15) is 9.28 Å². The third kappa shape index (κ3) is 5.64. The first-order chi connectivity index (χ1) is 18.1. The molecule has 2 aromatic rings. The molecule has 0 amide bonds. The minimum Gasteiger partial charge on any atom is -0.399 e. The standard InChI is InChI=1S/C29H44BFN2O6/c1-11-22(36-39-29(8,9)26(2,3)34-10)24(30-37-27(4,5)28(6,7)38-30)19-15-16-21-20(18-19)25(31)32-33(21)23-14-12-13-17-35-23/h15-16,18,23H,11-14,17H2,1-10H3/b24-22-. The van der Waals surface area contributed by atoms with Crippen LogP contribution < -0.4 is 0 Å². The number of hydrogen-bond acceptors (Lipinski definition) is 7. The Balaban J connectivity index is 1.79. The molecule has 8 nitrogen and oxygen atoms in total. The van der Waals surface area contributed by atoms with Gasteiger partial charge in [0.15, 0.2) is 6.23 Å². The number of allylic oxidation sites excluding steroid dienone is 1. The molecule has 1 atom stereocenters. The molecule has 0 radical (unpaired) electrons. The number of fused-ring (bicyclic) bond motifs is 1. The summed E-state index contributed by atoms with van der Waals surface area (Å²) in [6, 6.07) is 5.57. The zero-order valence-electron chi connectivity index (χ0n) is 25.1. The third-order valence-corrected chi connectivity index (χ3v) is 8.82. The highest BCUT2D eigenvalue weighted by atomic mass is 19.1. The highest BCUT2D eigenvalue weighted by Gasteiger charge is 2.53. The summed E-state index contributed by atoms with van der Waals surface area (Å²) in [5, 5.41) is 4.60. The van der Waals surface area contributed by atoms with Gasteiger partial charge in [0.1, 0.15) is 11.4 Å². The summed E-state index contributed by atoms with van der Waals surface area (Å²) in [6.07, 6.45) is 3.04. The van der Waals surface area contributed by atoms with E-state index < -0.39 is 35.5 Å². The molecular weight excluding hydrogens is 502 g/mol. The molecule has 1 aromatic carbocycles. The van der Waals surface area contributed by atoms with Crippen LogP contribution in [-0.2, 0) is 28.6 Å². The van der Waals surface area contributed by atoms with Gasteiger partial charge in [0.25, 0.3) is 0 Å². The van der Waals surface area contributed by atoms with E-state index in [-0.39, 0.29) is 6.23 Å². The summed E-state index contributed by atoms with van der Waals surface area (Å²) in [6.45, 7) is 18.3. The topological polar surface area (TPSA) is 73.2 Å². The number of nitrogens with zero attached hydrogens (tertiary/aromatic N) is 2. The minimum absolute atomic E-state index is 0.274. The Hall–Kier alpha value is -1.98. The maximum absolute atomic E-state index is 15.3. The van der Waals surface area contributed by atoms with Crippen LogP contribution in [0.15, 0.2) is 24.0 Å². The lowest BCUT2D eigenvalue weighted by molar-refractivity contribution is -0.361. The van der Waals surface area contributed by atoms with Crippen molar-refractivity contribution < 1.29 is 32.9 Å². The molecule has 2 fully saturated rings. The molecule has 216 valence electrons. The largest absolute Gasteiger partial charge is 0.499 e. The van der Waals surface area contributed by atoms with E-state index in [1.54, 1.807) is 17.9 Å². The Morgan fingerprint density at radius 1 is 1.10 bits per heavy atom. The molecule has 0 saturated carbocycles. The second kappa shape index (κ2) is 10.8. The average molecular weight is 546 g/mol. The molecule has 0 bridgehead atoms. The van der Waals surface area contributed by atoms with Crippen LogP contribution in [0.1, 0.15) is 99.8 Å². The van der Waals surface area contributed by atoms with Gasteiger partial charge < -0.3 is 23.7 Å². The van der Waals surface area contributed by atoms with Crippen LogP contribution in [0, 0.1) is 5.95 Å². The van der Waals surface area contributed by atoms with Crippen LogP contribution in [0.5, 0.6) is 0 Å². The van der Waals surface area contributed by atoms with Gasteiger partial charge in [-0.25, -0.2) is 4.68 Å². The molecule has 3 heterocycles. The molecule has 10 heteroatoms. The van der Waals surface area contributed by atoms with Crippen molar-refractivity contribution in [2.45, 2.75) is 117 Å². The molecule has 4 rings (SSSR count). The normalized spacial score (nSPS) is 22.3. The zero-order valence-corrected chi connectivity index (χ0v) is 25.1. The fourth-order valence-corrected chi connectivity index (χ4v) is 4.59. The highest BCUT2D eigenvalue weighted by molar-refractivity contribution is 6.69. The number of methoxy groups -OCH3 is 1. The Kier molecular flexibility index (Phi) is 8.29. The van der Waals surface area contributed by atoms with E-state index in [1.807, 2.05) is 74.4 Å². The minimum atomic E-state index is -0.791. The van der Waals surface area contributed by atoms with Gasteiger partial charge in [0.2, 0.25) is 5.95 Å². The molecule has 2 aliphatic rings. The number of hydrogen-bond donors (Lipinski definition) is 0. The number of rotatable bonds is 9. The molecule has 1 unspecified atom stereocenters. The summed E-state index contributed by atoms with van der Waals surface area (Å²) in [7, 11) is 0.879. The predicted molar refractivity (Wildman–Crippen MR) is 149 cm³/mol. The van der Waals surface area contributed by atoms with Crippen LogP contribution in [0.2, 0.25) is 0 Å². The average Bonchev–Trinajstić information content (AvgIpc) is 3.32. The first-order valence-electron chi connectivity index (χ1n) is 13.9. The smallest absolute Gasteiger partial charge is 0.399 e. The Bertz CT molecular complexity index is 1200. The van der Waals surface area contributed by atoms with Gasteiger partial charge in [0.05, 0.1) is 27.7 Å². The summed E-state index contributed by atoms with van der Waals surface area (Å²) < 4.78 is 41.3. The van der Waals surface area contributed by atoms with Crippen molar-refractivity contribution in [1.29, 1.82) is 0 Å². The summed E-state index contributed by atoms with van der Waals surface area (Å²) in [5.41, 5.74) is -0.570. The number of halogens is 1. The number of ether oxygens (including phenoxy) is 2. The van der Waals surface area contributed by atoms with Crippen LogP contribution >= 0.6 is 0 Å². The molecule has 1 aromatic heterocycles. The van der Waals surface area contributed by atoms with Crippen molar-refractivity contribution in [2.24, 2.45) is 0 Å². The van der Waals surface area contributed by atoms with Gasteiger partial charge >= 0.3 is 7.12 Å². The van der Waals surface area contributed by atoms with E-state index in [1.165, 1.54) is 0 Å². The first kappa shape index (κ1) is 30.0. The van der Waals surface area contributed by atoms with Crippen LogP contribution in [0.3, 0.4) is 0 Å². The molecule has 39 heavy (non-hydrogen) atoms. The van der Waals surface area contributed by atoms with Gasteiger partial charge in [-0.05, 0) is 92.3 Å². The molecule has 2 saturated heterocycles. The quantitative estimate of drug-likeness (QED) is 0.149. The lowest BCUT2D eigenvalue weighted by Crippen LogP contribution is -2.48. The van der Waals surface area contributed by atoms with E-state index in [9.17, 15) is 0 Å². The monoisotopic (exact) mass is 546 g/mol. The van der Waals surface area contributed by atoms with Gasteiger partial charge in [-0.3, -0.25) is 0 Å². The lowest BCUT2D eigenvalue weighted by Gasteiger charge is -2.38. The van der Waals surface area contributed by atoms with Crippen molar-refractivity contribution in [3.63, 3.8) is 0 Å². The lowest BCUT2D eigenvalue weighted by atomic mass is 9.72. The SMILES string of the molecule is CC/C(OOC(C)(C)C(C)(C)OC)=C(/B1OC(C)(C)C(C)(C)O1)c1ccc2c(c1)c(F)nn2C1CCCCO1. The fourth-order valence-electron chi connectivity index (χ4n) is 4.59. The van der Waals surface area contributed by atoms with E-state index in [4.69, 9.17) is 28.6 Å². The van der Waals surface area contributed by atoms with Gasteiger partial charge in [-0.1, -0.05) is 13.0 Å². The van der Waals surface area contributed by atoms with Crippen LogP contribution in [0.25, 0.3) is 16.4 Å². The van der Waals surface area contributed by atoms with E-state index in [2.05, 4.69) is 5.10 Å². The molecule has 0 spiro atoms. The predicted octanol–water partition coefficient (Wildman–Crippen LogP) is 6.78. The second-order valence-electron chi connectivity index (χ2n) is 12.5. The Morgan fingerprint density at radius 3 is 2.33 bits per heavy atom. The maximum Gasteiger partial charge on any atom is 0.499 e.